The Labute approximate surface area is 164 Å². The summed E-state index contributed by atoms with van der Waals surface area (Å²) in [7, 11) is 0. The van der Waals surface area contributed by atoms with E-state index in [9.17, 15) is 4.79 Å². The first-order valence-corrected chi connectivity index (χ1v) is 9.51. The lowest BCUT2D eigenvalue weighted by Gasteiger charge is -2.36. The molecule has 1 atom stereocenters. The van der Waals surface area contributed by atoms with Gasteiger partial charge in [0.2, 0.25) is 11.9 Å². The molecular formula is C22H23N5O. The molecule has 1 aliphatic rings. The molecule has 6 nitrogen and oxygen atoms in total. The SMILES string of the molecule is O=C1NCCN(c2ccnc(NCCc3ccccc3)n2)C1c1ccccc1. The summed E-state index contributed by atoms with van der Waals surface area (Å²) in [6.45, 7) is 2.05. The minimum atomic E-state index is -0.387. The van der Waals surface area contributed by atoms with Crippen molar-refractivity contribution in [2.45, 2.75) is 12.5 Å². The zero-order valence-corrected chi connectivity index (χ0v) is 15.6. The normalized spacial score (nSPS) is 16.5. The second-order valence-corrected chi connectivity index (χ2v) is 6.70. The summed E-state index contributed by atoms with van der Waals surface area (Å²) in [5.41, 5.74) is 2.22. The van der Waals surface area contributed by atoms with Crippen molar-refractivity contribution >= 4 is 17.7 Å². The fourth-order valence-electron chi connectivity index (χ4n) is 3.44. The van der Waals surface area contributed by atoms with Crippen molar-refractivity contribution in [1.29, 1.82) is 0 Å². The standard InChI is InChI=1S/C22H23N5O/c28-21-20(18-9-5-2-6-10-18)27(16-15-23-21)19-12-14-25-22(26-19)24-13-11-17-7-3-1-4-8-17/h1-10,12,14,20H,11,13,15-16H2,(H,23,28)(H,24,25,26). The summed E-state index contributed by atoms with van der Waals surface area (Å²) in [5.74, 6) is 1.32. The molecule has 1 aliphatic heterocycles. The van der Waals surface area contributed by atoms with Gasteiger partial charge >= 0.3 is 0 Å². The van der Waals surface area contributed by atoms with Crippen molar-refractivity contribution in [2.24, 2.45) is 0 Å². The van der Waals surface area contributed by atoms with Crippen LogP contribution < -0.4 is 15.5 Å². The van der Waals surface area contributed by atoms with Crippen LogP contribution in [0.15, 0.2) is 72.9 Å². The molecule has 3 aromatic rings. The predicted molar refractivity (Wildman–Crippen MR) is 110 cm³/mol. The van der Waals surface area contributed by atoms with Gasteiger partial charge in [0.25, 0.3) is 0 Å². The molecule has 1 saturated heterocycles. The Hall–Kier alpha value is -3.41. The molecule has 0 saturated carbocycles. The molecule has 0 spiro atoms. The number of aromatic nitrogens is 2. The van der Waals surface area contributed by atoms with E-state index in [0.717, 1.165) is 24.3 Å². The van der Waals surface area contributed by atoms with Crippen molar-refractivity contribution in [3.63, 3.8) is 0 Å². The van der Waals surface area contributed by atoms with E-state index < -0.39 is 0 Å². The molecule has 1 aromatic heterocycles. The molecule has 142 valence electrons. The summed E-state index contributed by atoms with van der Waals surface area (Å²) in [6.07, 6.45) is 2.63. The highest BCUT2D eigenvalue weighted by atomic mass is 16.2. The van der Waals surface area contributed by atoms with Gasteiger partial charge in [-0.15, -0.1) is 0 Å². The Morgan fingerprint density at radius 3 is 2.57 bits per heavy atom. The van der Waals surface area contributed by atoms with Gasteiger partial charge in [-0.3, -0.25) is 4.79 Å². The maximum atomic E-state index is 12.6. The van der Waals surface area contributed by atoms with Crippen LogP contribution in [-0.4, -0.2) is 35.5 Å². The molecule has 6 heteroatoms. The fourth-order valence-corrected chi connectivity index (χ4v) is 3.44. The number of rotatable bonds is 6. The summed E-state index contributed by atoms with van der Waals surface area (Å²) in [6, 6.07) is 21.6. The number of hydrogen-bond acceptors (Lipinski definition) is 5. The van der Waals surface area contributed by atoms with E-state index >= 15 is 0 Å². The van der Waals surface area contributed by atoms with Crippen molar-refractivity contribution in [3.8, 4) is 0 Å². The van der Waals surface area contributed by atoms with Gasteiger partial charge in [0.05, 0.1) is 0 Å². The van der Waals surface area contributed by atoms with Crippen LogP contribution in [-0.2, 0) is 11.2 Å². The number of carbonyl (C=O) groups is 1. The van der Waals surface area contributed by atoms with Crippen molar-refractivity contribution in [3.05, 3.63) is 84.1 Å². The molecule has 4 rings (SSSR count). The van der Waals surface area contributed by atoms with Gasteiger partial charge in [-0.05, 0) is 23.6 Å². The van der Waals surface area contributed by atoms with E-state index in [1.54, 1.807) is 6.20 Å². The highest BCUT2D eigenvalue weighted by molar-refractivity contribution is 5.87. The largest absolute Gasteiger partial charge is 0.354 e. The van der Waals surface area contributed by atoms with Gasteiger partial charge in [0, 0.05) is 25.8 Å². The van der Waals surface area contributed by atoms with Gasteiger partial charge in [0.15, 0.2) is 0 Å². The lowest BCUT2D eigenvalue weighted by molar-refractivity contribution is -0.123. The lowest BCUT2D eigenvalue weighted by Crippen LogP contribution is -2.50. The third kappa shape index (κ3) is 4.11. The average molecular weight is 373 g/mol. The molecule has 1 amide bonds. The Morgan fingerprint density at radius 1 is 1.04 bits per heavy atom. The first-order chi connectivity index (χ1) is 13.8. The van der Waals surface area contributed by atoms with Gasteiger partial charge in [-0.25, -0.2) is 4.98 Å². The summed E-state index contributed by atoms with van der Waals surface area (Å²) >= 11 is 0. The van der Waals surface area contributed by atoms with Crippen LogP contribution in [0.4, 0.5) is 11.8 Å². The molecule has 0 radical (unpaired) electrons. The second kappa shape index (κ2) is 8.52. The van der Waals surface area contributed by atoms with Crippen LogP contribution >= 0.6 is 0 Å². The molecular weight excluding hydrogens is 350 g/mol. The van der Waals surface area contributed by atoms with Gasteiger partial charge in [0.1, 0.15) is 11.9 Å². The van der Waals surface area contributed by atoms with Crippen LogP contribution in [0.3, 0.4) is 0 Å². The first kappa shape index (κ1) is 18.0. The van der Waals surface area contributed by atoms with Crippen LogP contribution in [0.1, 0.15) is 17.2 Å². The van der Waals surface area contributed by atoms with E-state index in [0.29, 0.717) is 19.0 Å². The van der Waals surface area contributed by atoms with E-state index in [4.69, 9.17) is 0 Å². The predicted octanol–water partition coefficient (Wildman–Crippen LogP) is 2.81. The van der Waals surface area contributed by atoms with E-state index in [2.05, 4.69) is 32.7 Å². The molecule has 2 aromatic carbocycles. The van der Waals surface area contributed by atoms with Crippen LogP contribution in [0.5, 0.6) is 0 Å². The fraction of sp³-hybridized carbons (Fsp3) is 0.227. The minimum Gasteiger partial charge on any atom is -0.354 e. The quantitative estimate of drug-likeness (QED) is 0.695. The van der Waals surface area contributed by atoms with E-state index in [1.807, 2.05) is 59.5 Å². The van der Waals surface area contributed by atoms with E-state index in [1.165, 1.54) is 5.56 Å². The van der Waals surface area contributed by atoms with Crippen molar-refractivity contribution in [2.75, 3.05) is 29.9 Å². The summed E-state index contributed by atoms with van der Waals surface area (Å²) in [4.78, 5) is 23.6. The Balaban J connectivity index is 1.50. The zero-order chi connectivity index (χ0) is 19.2. The molecule has 0 bridgehead atoms. The monoisotopic (exact) mass is 373 g/mol. The topological polar surface area (TPSA) is 70.2 Å². The lowest BCUT2D eigenvalue weighted by atomic mass is 10.0. The van der Waals surface area contributed by atoms with Gasteiger partial charge in [-0.2, -0.15) is 4.98 Å². The number of carbonyl (C=O) groups excluding carboxylic acids is 1. The first-order valence-electron chi connectivity index (χ1n) is 9.51. The number of nitrogens with one attached hydrogen (secondary N) is 2. The number of nitrogens with zero attached hydrogens (tertiary/aromatic N) is 3. The molecule has 1 fully saturated rings. The third-order valence-electron chi connectivity index (χ3n) is 4.80. The smallest absolute Gasteiger partial charge is 0.247 e. The Bertz CT molecular complexity index is 916. The van der Waals surface area contributed by atoms with Gasteiger partial charge in [-0.1, -0.05) is 60.7 Å². The van der Waals surface area contributed by atoms with E-state index in [-0.39, 0.29) is 11.9 Å². The maximum Gasteiger partial charge on any atom is 0.247 e. The Kier molecular flexibility index (Phi) is 5.47. The van der Waals surface area contributed by atoms with Crippen molar-refractivity contribution < 1.29 is 4.79 Å². The Morgan fingerprint density at radius 2 is 1.79 bits per heavy atom. The number of benzene rings is 2. The van der Waals surface area contributed by atoms with Crippen molar-refractivity contribution in [1.82, 2.24) is 15.3 Å². The van der Waals surface area contributed by atoms with Crippen LogP contribution in [0, 0.1) is 0 Å². The number of anilines is 2. The molecule has 28 heavy (non-hydrogen) atoms. The summed E-state index contributed by atoms with van der Waals surface area (Å²) < 4.78 is 0. The zero-order valence-electron chi connectivity index (χ0n) is 15.6. The number of amides is 1. The molecule has 1 unspecified atom stereocenters. The average Bonchev–Trinajstić information content (AvgIpc) is 2.75. The maximum absolute atomic E-state index is 12.6. The molecule has 2 N–H and O–H groups in total. The third-order valence-corrected chi connectivity index (χ3v) is 4.80. The molecule has 0 aliphatic carbocycles. The number of piperazine rings is 1. The minimum absolute atomic E-state index is 0.00495. The number of hydrogen-bond donors (Lipinski definition) is 2. The highest BCUT2D eigenvalue weighted by Crippen LogP contribution is 2.28. The highest BCUT2D eigenvalue weighted by Gasteiger charge is 2.32. The second-order valence-electron chi connectivity index (χ2n) is 6.70. The van der Waals surface area contributed by atoms with Crippen LogP contribution in [0.25, 0.3) is 0 Å². The van der Waals surface area contributed by atoms with Crippen LogP contribution in [0.2, 0.25) is 0 Å². The molecule has 2 heterocycles. The summed E-state index contributed by atoms with van der Waals surface area (Å²) in [5, 5.41) is 6.25. The van der Waals surface area contributed by atoms with Gasteiger partial charge < -0.3 is 15.5 Å².